The third-order valence-corrected chi connectivity index (χ3v) is 3.46. The summed E-state index contributed by atoms with van der Waals surface area (Å²) in [5.74, 6) is -1.27. The van der Waals surface area contributed by atoms with E-state index in [0.29, 0.717) is 19.0 Å². The van der Waals surface area contributed by atoms with Gasteiger partial charge in [0.05, 0.1) is 6.54 Å². The summed E-state index contributed by atoms with van der Waals surface area (Å²) >= 11 is 1.48. The highest BCUT2D eigenvalue weighted by molar-refractivity contribution is 7.98. The van der Waals surface area contributed by atoms with E-state index in [1.807, 2.05) is 20.1 Å². The number of carboxylic acids is 1. The van der Waals surface area contributed by atoms with Crippen LogP contribution < -0.4 is 10.6 Å². The van der Waals surface area contributed by atoms with Crippen LogP contribution in [0.5, 0.6) is 0 Å². The highest BCUT2D eigenvalue weighted by Crippen LogP contribution is 2.03. The molecule has 1 atom stereocenters. The molecule has 0 aromatic rings. The molecule has 8 nitrogen and oxygen atoms in total. The first kappa shape index (κ1) is 22.2. The van der Waals surface area contributed by atoms with Crippen LogP contribution in [0.2, 0.25) is 0 Å². The van der Waals surface area contributed by atoms with Crippen molar-refractivity contribution < 1.29 is 24.2 Å². The first-order valence-electron chi connectivity index (χ1n) is 7.59. The van der Waals surface area contributed by atoms with Crippen LogP contribution in [-0.2, 0) is 19.1 Å². The highest BCUT2D eigenvalue weighted by atomic mass is 32.2. The van der Waals surface area contributed by atoms with Gasteiger partial charge < -0.3 is 25.2 Å². The van der Waals surface area contributed by atoms with Crippen LogP contribution in [-0.4, -0.2) is 61.1 Å². The quantitative estimate of drug-likeness (QED) is 0.250. The van der Waals surface area contributed by atoms with Crippen LogP contribution in [0, 0.1) is 11.3 Å². The summed E-state index contributed by atoms with van der Waals surface area (Å²) in [5.41, 5.74) is -0.211. The highest BCUT2D eigenvalue weighted by Gasteiger charge is 2.21. The lowest BCUT2D eigenvalue weighted by atomic mass is 10.2. The minimum Gasteiger partial charge on any atom is -0.480 e. The normalized spacial score (nSPS) is 12.5. The third-order valence-electron chi connectivity index (χ3n) is 2.82. The fourth-order valence-corrected chi connectivity index (χ4v) is 2.14. The lowest BCUT2D eigenvalue weighted by Gasteiger charge is -2.17. The Morgan fingerprint density at radius 2 is 1.96 bits per heavy atom. The fourth-order valence-electron chi connectivity index (χ4n) is 1.67. The summed E-state index contributed by atoms with van der Waals surface area (Å²) in [6, 6.07) is 0.720. The van der Waals surface area contributed by atoms with Crippen molar-refractivity contribution in [2.75, 3.05) is 31.8 Å². The molecule has 0 saturated heterocycles. The molecule has 0 rings (SSSR count). The number of hydrogen-bond donors (Lipinski definition) is 3. The number of aliphatic carboxylic acids is 1. The van der Waals surface area contributed by atoms with Crippen molar-refractivity contribution in [3.05, 3.63) is 11.8 Å². The van der Waals surface area contributed by atoms with E-state index in [9.17, 15) is 9.59 Å². The van der Waals surface area contributed by atoms with Gasteiger partial charge in [-0.3, -0.25) is 4.79 Å². The number of nitriles is 1. The molecular formula is C15H25N3O5S. The van der Waals surface area contributed by atoms with Crippen molar-refractivity contribution in [2.24, 2.45) is 0 Å². The summed E-state index contributed by atoms with van der Waals surface area (Å²) < 4.78 is 10.6. The molecule has 1 amide bonds. The van der Waals surface area contributed by atoms with Gasteiger partial charge in [-0.25, -0.2) is 4.79 Å². The largest absolute Gasteiger partial charge is 0.480 e. The van der Waals surface area contributed by atoms with Crippen LogP contribution in [0.25, 0.3) is 0 Å². The first-order chi connectivity index (χ1) is 11.5. The second-order valence-corrected chi connectivity index (χ2v) is 5.55. The number of amides is 1. The number of nitrogens with one attached hydrogen (secondary N) is 2. The fraction of sp³-hybridized carbons (Fsp3) is 0.667. The van der Waals surface area contributed by atoms with Crippen LogP contribution in [0.15, 0.2) is 11.8 Å². The molecule has 0 saturated carbocycles. The summed E-state index contributed by atoms with van der Waals surface area (Å²) in [7, 11) is 0. The summed E-state index contributed by atoms with van der Waals surface area (Å²) in [5, 5.41) is 23.3. The zero-order valence-corrected chi connectivity index (χ0v) is 15.0. The van der Waals surface area contributed by atoms with Crippen molar-refractivity contribution >= 4 is 23.6 Å². The van der Waals surface area contributed by atoms with E-state index < -0.39 is 24.2 Å². The number of thioether (sulfide) groups is 1. The van der Waals surface area contributed by atoms with Gasteiger partial charge >= 0.3 is 5.97 Å². The second-order valence-electron chi connectivity index (χ2n) is 4.56. The van der Waals surface area contributed by atoms with Gasteiger partial charge in [-0.15, -0.1) is 0 Å². The molecule has 0 aliphatic heterocycles. The van der Waals surface area contributed by atoms with Crippen molar-refractivity contribution in [3.63, 3.8) is 0 Å². The topological polar surface area (TPSA) is 121 Å². The molecule has 3 N–H and O–H groups in total. The predicted octanol–water partition coefficient (Wildman–Crippen LogP) is 0.705. The van der Waals surface area contributed by atoms with Gasteiger partial charge in [0.25, 0.3) is 5.91 Å². The Balaban J connectivity index is 4.65. The molecule has 0 aromatic carbocycles. The lowest BCUT2D eigenvalue weighted by molar-refractivity contribution is -0.141. The van der Waals surface area contributed by atoms with Gasteiger partial charge in [0, 0.05) is 19.4 Å². The molecule has 0 spiro atoms. The molecule has 0 aliphatic carbocycles. The van der Waals surface area contributed by atoms with E-state index in [1.54, 1.807) is 6.07 Å². The number of carbonyl (C=O) groups is 2. The number of rotatable bonds is 13. The third kappa shape index (κ3) is 9.39. The monoisotopic (exact) mass is 359 g/mol. The van der Waals surface area contributed by atoms with Gasteiger partial charge in [-0.1, -0.05) is 0 Å². The zero-order chi connectivity index (χ0) is 18.4. The maximum atomic E-state index is 12.0. The zero-order valence-electron chi connectivity index (χ0n) is 14.2. The Kier molecular flexibility index (Phi) is 12.7. The standard InChI is InChI=1S/C15H25N3O5S/c1-4-22-13(23-5-2)10-17-9-11(8-16)14(19)18-12(15(20)21)6-7-24-3/h9,12-13,17H,4-7,10H2,1-3H3,(H,18,19)(H,20,21)/b11-9-. The van der Waals surface area contributed by atoms with Crippen molar-refractivity contribution in [1.82, 2.24) is 10.6 Å². The van der Waals surface area contributed by atoms with E-state index in [1.165, 1.54) is 18.0 Å². The predicted molar refractivity (Wildman–Crippen MR) is 91.3 cm³/mol. The van der Waals surface area contributed by atoms with E-state index >= 15 is 0 Å². The molecule has 136 valence electrons. The summed E-state index contributed by atoms with van der Waals surface area (Å²) in [6.07, 6.45) is 2.87. The first-order valence-corrected chi connectivity index (χ1v) is 8.98. The van der Waals surface area contributed by atoms with E-state index in [4.69, 9.17) is 19.8 Å². The number of carbonyl (C=O) groups excluding carboxylic acids is 1. The van der Waals surface area contributed by atoms with E-state index in [-0.39, 0.29) is 18.5 Å². The molecule has 1 unspecified atom stereocenters. The van der Waals surface area contributed by atoms with Crippen LogP contribution in [0.3, 0.4) is 0 Å². The average Bonchev–Trinajstić information content (AvgIpc) is 2.55. The smallest absolute Gasteiger partial charge is 0.326 e. The molecule has 0 bridgehead atoms. The molecular weight excluding hydrogens is 334 g/mol. The Morgan fingerprint density at radius 1 is 1.33 bits per heavy atom. The van der Waals surface area contributed by atoms with Crippen LogP contribution >= 0.6 is 11.8 Å². The Hall–Kier alpha value is -1.76. The van der Waals surface area contributed by atoms with Gasteiger partial charge in [0.15, 0.2) is 6.29 Å². The minimum absolute atomic E-state index is 0.211. The summed E-state index contributed by atoms with van der Waals surface area (Å²) in [6.45, 7) is 4.86. The number of nitrogens with zero attached hydrogens (tertiary/aromatic N) is 1. The molecule has 0 aromatic heterocycles. The molecule has 0 fully saturated rings. The van der Waals surface area contributed by atoms with E-state index in [2.05, 4.69) is 10.6 Å². The van der Waals surface area contributed by atoms with Crippen LogP contribution in [0.4, 0.5) is 0 Å². The van der Waals surface area contributed by atoms with Gasteiger partial charge in [0.1, 0.15) is 17.7 Å². The molecule has 0 heterocycles. The SMILES string of the molecule is CCOC(CN/C=C(/C#N)C(=O)NC(CCSC)C(=O)O)OCC. The summed E-state index contributed by atoms with van der Waals surface area (Å²) in [4.78, 5) is 23.1. The van der Waals surface area contributed by atoms with Crippen molar-refractivity contribution in [3.8, 4) is 6.07 Å². The molecule has 0 radical (unpaired) electrons. The molecule has 24 heavy (non-hydrogen) atoms. The molecule has 9 heteroatoms. The Bertz CT molecular complexity index is 459. The van der Waals surface area contributed by atoms with Crippen LogP contribution in [0.1, 0.15) is 20.3 Å². The van der Waals surface area contributed by atoms with E-state index in [0.717, 1.165) is 0 Å². The number of hydrogen-bond acceptors (Lipinski definition) is 7. The maximum Gasteiger partial charge on any atom is 0.326 e. The van der Waals surface area contributed by atoms with Gasteiger partial charge in [-0.2, -0.15) is 17.0 Å². The van der Waals surface area contributed by atoms with Gasteiger partial charge in [-0.05, 0) is 32.3 Å². The maximum absolute atomic E-state index is 12.0. The van der Waals surface area contributed by atoms with Crippen molar-refractivity contribution in [2.45, 2.75) is 32.6 Å². The number of carboxylic acid groups (broad SMARTS) is 1. The average molecular weight is 359 g/mol. The minimum atomic E-state index is -1.13. The molecule has 0 aliphatic rings. The number of ether oxygens (including phenoxy) is 2. The lowest BCUT2D eigenvalue weighted by Crippen LogP contribution is -2.42. The van der Waals surface area contributed by atoms with Gasteiger partial charge in [0.2, 0.25) is 0 Å². The van der Waals surface area contributed by atoms with Crippen molar-refractivity contribution in [1.29, 1.82) is 5.26 Å². The Morgan fingerprint density at radius 3 is 2.42 bits per heavy atom. The second kappa shape index (κ2) is 13.7. The Labute approximate surface area is 146 Å².